The fourth-order valence-electron chi connectivity index (χ4n) is 2.15. The maximum atomic E-state index is 12.6. The first-order valence-electron chi connectivity index (χ1n) is 6.14. The lowest BCUT2D eigenvalue weighted by molar-refractivity contribution is 0.283. The van der Waals surface area contributed by atoms with Crippen molar-refractivity contribution in [2.75, 3.05) is 4.72 Å². The molecular formula is C13H13N3O3S2. The molecule has 0 aliphatic heterocycles. The Kier molecular flexibility index (Phi) is 3.44. The summed E-state index contributed by atoms with van der Waals surface area (Å²) in [6, 6.07) is 7.19. The van der Waals surface area contributed by atoms with Crippen LogP contribution in [0.4, 0.5) is 5.69 Å². The maximum Gasteiger partial charge on any atom is 0.263 e. The van der Waals surface area contributed by atoms with E-state index in [1.54, 1.807) is 25.4 Å². The van der Waals surface area contributed by atoms with Gasteiger partial charge in [0.05, 0.1) is 23.4 Å². The first kappa shape index (κ1) is 14.1. The Morgan fingerprint density at radius 2 is 2.14 bits per heavy atom. The summed E-state index contributed by atoms with van der Waals surface area (Å²) < 4.78 is 30.1. The highest BCUT2D eigenvalue weighted by atomic mass is 32.2. The van der Waals surface area contributed by atoms with E-state index in [4.69, 9.17) is 0 Å². The number of aliphatic hydroxyl groups is 1. The molecule has 1 aromatic carbocycles. The van der Waals surface area contributed by atoms with Crippen LogP contribution in [0.1, 0.15) is 4.88 Å². The van der Waals surface area contributed by atoms with Gasteiger partial charge in [-0.05, 0) is 6.07 Å². The smallest absolute Gasteiger partial charge is 0.263 e. The third-order valence-electron chi connectivity index (χ3n) is 2.99. The van der Waals surface area contributed by atoms with E-state index in [1.807, 2.05) is 12.1 Å². The number of thiophene rings is 1. The van der Waals surface area contributed by atoms with E-state index in [0.717, 1.165) is 4.70 Å². The van der Waals surface area contributed by atoms with Crippen LogP contribution in [0.2, 0.25) is 0 Å². The van der Waals surface area contributed by atoms with E-state index < -0.39 is 10.0 Å². The fraction of sp³-hybridized carbons (Fsp3) is 0.154. The van der Waals surface area contributed by atoms with Crippen molar-refractivity contribution >= 4 is 37.1 Å². The summed E-state index contributed by atoms with van der Waals surface area (Å²) >= 11 is 1.28. The van der Waals surface area contributed by atoms with Crippen molar-refractivity contribution < 1.29 is 13.5 Å². The molecule has 0 saturated carbocycles. The number of aliphatic hydroxyl groups excluding tert-OH is 1. The Morgan fingerprint density at radius 3 is 2.81 bits per heavy atom. The third-order valence-corrected chi connectivity index (χ3v) is 5.78. The molecule has 0 fully saturated rings. The number of fused-ring (bicyclic) bond motifs is 1. The van der Waals surface area contributed by atoms with Crippen LogP contribution in [0.15, 0.2) is 41.6 Å². The van der Waals surface area contributed by atoms with Gasteiger partial charge in [-0.1, -0.05) is 18.2 Å². The summed E-state index contributed by atoms with van der Waals surface area (Å²) in [6.07, 6.45) is 3.01. The SMILES string of the molecule is Cn1cc(NS(=O)(=O)c2c(CO)sc3ccccc23)cn1. The molecule has 2 heterocycles. The predicted octanol–water partition coefficient (Wildman–Crippen LogP) is 1.93. The Hall–Kier alpha value is -1.90. The van der Waals surface area contributed by atoms with Gasteiger partial charge in [0.2, 0.25) is 0 Å². The zero-order chi connectivity index (χ0) is 15.0. The van der Waals surface area contributed by atoms with Crippen molar-refractivity contribution in [2.24, 2.45) is 7.05 Å². The number of benzene rings is 1. The van der Waals surface area contributed by atoms with E-state index in [2.05, 4.69) is 9.82 Å². The number of aromatic nitrogens is 2. The number of hydrogen-bond donors (Lipinski definition) is 2. The van der Waals surface area contributed by atoms with Crippen LogP contribution in [0.25, 0.3) is 10.1 Å². The van der Waals surface area contributed by atoms with E-state index >= 15 is 0 Å². The molecule has 0 radical (unpaired) electrons. The van der Waals surface area contributed by atoms with Crippen LogP contribution in [-0.2, 0) is 23.7 Å². The highest BCUT2D eigenvalue weighted by Crippen LogP contribution is 2.35. The van der Waals surface area contributed by atoms with Gasteiger partial charge in [-0.2, -0.15) is 5.10 Å². The minimum absolute atomic E-state index is 0.134. The molecule has 8 heteroatoms. The molecule has 0 amide bonds. The van der Waals surface area contributed by atoms with Crippen molar-refractivity contribution in [3.8, 4) is 0 Å². The van der Waals surface area contributed by atoms with Crippen molar-refractivity contribution in [3.63, 3.8) is 0 Å². The first-order chi connectivity index (χ1) is 10.0. The van der Waals surface area contributed by atoms with E-state index in [0.29, 0.717) is 16.0 Å². The molecule has 0 saturated heterocycles. The highest BCUT2D eigenvalue weighted by molar-refractivity contribution is 7.93. The molecule has 0 atom stereocenters. The third kappa shape index (κ3) is 2.53. The molecule has 2 N–H and O–H groups in total. The molecule has 21 heavy (non-hydrogen) atoms. The Morgan fingerprint density at radius 1 is 1.38 bits per heavy atom. The molecule has 0 unspecified atom stereocenters. The summed E-state index contributed by atoms with van der Waals surface area (Å²) in [6.45, 7) is -0.317. The van der Waals surface area contributed by atoms with Gasteiger partial charge in [0, 0.05) is 23.3 Å². The Labute approximate surface area is 125 Å². The second kappa shape index (κ2) is 5.14. The number of nitrogens with one attached hydrogen (secondary N) is 1. The molecule has 3 rings (SSSR count). The second-order valence-corrected chi connectivity index (χ2v) is 7.27. The molecule has 6 nitrogen and oxygen atoms in total. The molecular weight excluding hydrogens is 310 g/mol. The number of aryl methyl sites for hydroxylation is 1. The second-order valence-electron chi connectivity index (χ2n) is 4.52. The van der Waals surface area contributed by atoms with Gasteiger partial charge in [0.15, 0.2) is 0 Å². The predicted molar refractivity (Wildman–Crippen MR) is 81.8 cm³/mol. The van der Waals surface area contributed by atoms with Gasteiger partial charge in [0.1, 0.15) is 4.90 Å². The molecule has 0 spiro atoms. The molecule has 0 aliphatic carbocycles. The number of rotatable bonds is 4. The monoisotopic (exact) mass is 323 g/mol. The molecule has 0 bridgehead atoms. The first-order valence-corrected chi connectivity index (χ1v) is 8.44. The average molecular weight is 323 g/mol. The topological polar surface area (TPSA) is 84.2 Å². The lowest BCUT2D eigenvalue weighted by Crippen LogP contribution is -2.13. The van der Waals surface area contributed by atoms with E-state index in [9.17, 15) is 13.5 Å². The summed E-state index contributed by atoms with van der Waals surface area (Å²) in [5, 5.41) is 14.0. The van der Waals surface area contributed by atoms with E-state index in [-0.39, 0.29) is 11.5 Å². The van der Waals surface area contributed by atoms with Crippen molar-refractivity contribution in [2.45, 2.75) is 11.5 Å². The highest BCUT2D eigenvalue weighted by Gasteiger charge is 2.24. The van der Waals surface area contributed by atoms with Crippen molar-refractivity contribution in [1.82, 2.24) is 9.78 Å². The maximum absolute atomic E-state index is 12.6. The van der Waals surface area contributed by atoms with Crippen LogP contribution in [0.5, 0.6) is 0 Å². The molecule has 110 valence electrons. The van der Waals surface area contributed by atoms with Crippen molar-refractivity contribution in [3.05, 3.63) is 41.5 Å². The number of nitrogens with zero attached hydrogens (tertiary/aromatic N) is 2. The van der Waals surface area contributed by atoms with Crippen LogP contribution >= 0.6 is 11.3 Å². The molecule has 3 aromatic rings. The average Bonchev–Trinajstić information content (AvgIpc) is 3.01. The Balaban J connectivity index is 2.13. The number of sulfonamides is 1. The zero-order valence-corrected chi connectivity index (χ0v) is 12.8. The lowest BCUT2D eigenvalue weighted by atomic mass is 10.2. The standard InChI is InChI=1S/C13H13N3O3S2/c1-16-7-9(6-14-16)15-21(18,19)13-10-4-2-3-5-11(10)20-12(13)8-17/h2-7,15,17H,8H2,1H3. The fourth-order valence-corrected chi connectivity index (χ4v) is 4.98. The normalized spacial score (nSPS) is 11.9. The van der Waals surface area contributed by atoms with Crippen LogP contribution in [0, 0.1) is 0 Å². The number of anilines is 1. The van der Waals surface area contributed by atoms with Gasteiger partial charge in [-0.3, -0.25) is 9.40 Å². The minimum Gasteiger partial charge on any atom is -0.391 e. The van der Waals surface area contributed by atoms with Crippen LogP contribution in [-0.4, -0.2) is 23.3 Å². The van der Waals surface area contributed by atoms with Gasteiger partial charge < -0.3 is 5.11 Å². The largest absolute Gasteiger partial charge is 0.391 e. The summed E-state index contributed by atoms with van der Waals surface area (Å²) in [5.41, 5.74) is 0.386. The van der Waals surface area contributed by atoms with Gasteiger partial charge in [-0.15, -0.1) is 11.3 Å². The quantitative estimate of drug-likeness (QED) is 0.768. The van der Waals surface area contributed by atoms with Crippen LogP contribution in [0.3, 0.4) is 0 Å². The van der Waals surface area contributed by atoms with Crippen molar-refractivity contribution in [1.29, 1.82) is 0 Å². The van der Waals surface area contributed by atoms with Gasteiger partial charge in [0.25, 0.3) is 10.0 Å². The molecule has 2 aromatic heterocycles. The zero-order valence-electron chi connectivity index (χ0n) is 11.1. The van der Waals surface area contributed by atoms with E-state index in [1.165, 1.54) is 22.2 Å². The summed E-state index contributed by atoms with van der Waals surface area (Å²) in [4.78, 5) is 0.557. The number of hydrogen-bond acceptors (Lipinski definition) is 5. The van der Waals surface area contributed by atoms with Gasteiger partial charge >= 0.3 is 0 Å². The van der Waals surface area contributed by atoms with Crippen LogP contribution < -0.4 is 4.72 Å². The lowest BCUT2D eigenvalue weighted by Gasteiger charge is -2.06. The summed E-state index contributed by atoms with van der Waals surface area (Å²) in [7, 11) is -2.07. The minimum atomic E-state index is -3.78. The molecule has 0 aliphatic rings. The summed E-state index contributed by atoms with van der Waals surface area (Å²) in [5.74, 6) is 0. The van der Waals surface area contributed by atoms with Gasteiger partial charge in [-0.25, -0.2) is 8.42 Å². The Bertz CT molecular complexity index is 896.